The lowest BCUT2D eigenvalue weighted by molar-refractivity contribution is 0.114. The topological polar surface area (TPSA) is 55.5 Å². The molecule has 0 amide bonds. The first-order chi connectivity index (χ1) is 15.7. The van der Waals surface area contributed by atoms with Crippen LogP contribution in [0.5, 0.6) is 0 Å². The van der Waals surface area contributed by atoms with Gasteiger partial charge in [-0.2, -0.15) is 0 Å². The third-order valence-corrected chi connectivity index (χ3v) is 7.07. The van der Waals surface area contributed by atoms with E-state index in [1.807, 2.05) is 13.2 Å². The van der Waals surface area contributed by atoms with E-state index < -0.39 is 0 Å². The van der Waals surface area contributed by atoms with Crippen molar-refractivity contribution in [1.82, 2.24) is 20.5 Å². The summed E-state index contributed by atoms with van der Waals surface area (Å²) < 4.78 is 13.6. The maximum absolute atomic E-state index is 13.6. The molecule has 3 aromatic rings. The van der Waals surface area contributed by atoms with Crippen LogP contribution in [0.3, 0.4) is 0 Å². The summed E-state index contributed by atoms with van der Waals surface area (Å²) in [6.45, 7) is 1.81. The average Bonchev–Trinajstić information content (AvgIpc) is 3.30. The van der Waals surface area contributed by atoms with E-state index in [9.17, 15) is 4.39 Å². The number of aliphatic imine (C=N–C) groups is 1. The van der Waals surface area contributed by atoms with Gasteiger partial charge < -0.3 is 15.6 Å². The number of rotatable bonds is 6. The Bertz CT molecular complexity index is 1060. The Morgan fingerprint density at radius 1 is 1.12 bits per heavy atom. The number of halogens is 1. The van der Waals surface area contributed by atoms with Crippen LogP contribution < -0.4 is 10.6 Å². The Morgan fingerprint density at radius 2 is 1.91 bits per heavy atom. The zero-order chi connectivity index (χ0) is 21.9. The Hall–Kier alpha value is -2.86. The van der Waals surface area contributed by atoms with Crippen molar-refractivity contribution in [2.75, 3.05) is 13.6 Å². The largest absolute Gasteiger partial charge is 0.361 e. The number of aromatic amines is 1. The van der Waals surface area contributed by atoms with E-state index in [1.165, 1.54) is 24.5 Å². The highest BCUT2D eigenvalue weighted by atomic mass is 19.1. The Balaban J connectivity index is 1.13. The number of guanidine groups is 1. The highest BCUT2D eigenvalue weighted by Gasteiger charge is 2.40. The molecule has 32 heavy (non-hydrogen) atoms. The van der Waals surface area contributed by atoms with E-state index in [-0.39, 0.29) is 5.82 Å². The van der Waals surface area contributed by atoms with Gasteiger partial charge in [-0.25, -0.2) is 4.39 Å². The van der Waals surface area contributed by atoms with Gasteiger partial charge in [-0.3, -0.25) is 9.89 Å². The molecule has 5 nitrogen and oxygen atoms in total. The van der Waals surface area contributed by atoms with Gasteiger partial charge in [0.15, 0.2) is 5.96 Å². The Labute approximate surface area is 189 Å². The summed E-state index contributed by atoms with van der Waals surface area (Å²) >= 11 is 0. The minimum absolute atomic E-state index is 0.197. The van der Waals surface area contributed by atoms with Gasteiger partial charge in [-0.15, -0.1) is 0 Å². The number of aromatic nitrogens is 1. The highest BCUT2D eigenvalue weighted by Crippen LogP contribution is 2.36. The number of fused-ring (bicyclic) bond motifs is 3. The van der Waals surface area contributed by atoms with Crippen LogP contribution in [0.1, 0.15) is 36.8 Å². The fourth-order valence-corrected chi connectivity index (χ4v) is 5.51. The molecule has 3 N–H and O–H groups in total. The molecule has 0 spiro atoms. The molecule has 2 aromatic carbocycles. The Kier molecular flexibility index (Phi) is 6.12. The number of hydrogen-bond donors (Lipinski definition) is 3. The predicted molar refractivity (Wildman–Crippen MR) is 128 cm³/mol. The molecule has 2 aliphatic heterocycles. The third-order valence-electron chi connectivity index (χ3n) is 7.07. The van der Waals surface area contributed by atoms with Gasteiger partial charge in [0, 0.05) is 55.4 Å². The van der Waals surface area contributed by atoms with E-state index in [0.717, 1.165) is 54.8 Å². The van der Waals surface area contributed by atoms with Gasteiger partial charge in [-0.1, -0.05) is 30.3 Å². The molecule has 2 fully saturated rings. The zero-order valence-electron chi connectivity index (χ0n) is 18.7. The molecule has 0 radical (unpaired) electrons. The number of H-pyrrole nitrogens is 1. The molecule has 0 saturated carbocycles. The molecule has 2 saturated heterocycles. The molecule has 2 atom stereocenters. The van der Waals surface area contributed by atoms with Gasteiger partial charge in [0.2, 0.25) is 0 Å². The van der Waals surface area contributed by atoms with Crippen molar-refractivity contribution >= 4 is 16.9 Å². The summed E-state index contributed by atoms with van der Waals surface area (Å²) in [5.41, 5.74) is 3.50. The minimum atomic E-state index is -0.197. The second kappa shape index (κ2) is 9.33. The van der Waals surface area contributed by atoms with Gasteiger partial charge in [0.1, 0.15) is 5.82 Å². The van der Waals surface area contributed by atoms with Crippen LogP contribution in [0.2, 0.25) is 0 Å². The minimum Gasteiger partial charge on any atom is -0.361 e. The molecule has 168 valence electrons. The number of piperidine rings is 1. The standard InChI is InChI=1S/C26H32FN5/c1-28-26(29-12-11-19-16-30-25-10-7-20(27)13-24(19)25)31-21-14-22-8-9-23(15-21)32(22)17-18-5-3-2-4-6-18/h2-7,10,13,16,21-23,30H,8-9,11-12,14-15,17H2,1H3,(H2,28,29,31). The molecular weight excluding hydrogens is 401 g/mol. The maximum atomic E-state index is 13.6. The van der Waals surface area contributed by atoms with Crippen LogP contribution in [0.25, 0.3) is 10.9 Å². The van der Waals surface area contributed by atoms with Crippen LogP contribution in [0.4, 0.5) is 4.39 Å². The number of benzene rings is 2. The second-order valence-electron chi connectivity index (χ2n) is 9.11. The highest BCUT2D eigenvalue weighted by molar-refractivity contribution is 5.83. The van der Waals surface area contributed by atoms with Crippen molar-refractivity contribution < 1.29 is 4.39 Å². The van der Waals surface area contributed by atoms with Gasteiger partial charge in [0.25, 0.3) is 0 Å². The molecule has 5 rings (SSSR count). The quantitative estimate of drug-likeness (QED) is 0.403. The first-order valence-corrected chi connectivity index (χ1v) is 11.7. The lowest BCUT2D eigenvalue weighted by atomic mass is 9.96. The lowest BCUT2D eigenvalue weighted by Gasteiger charge is -2.39. The molecule has 0 aliphatic carbocycles. The van der Waals surface area contributed by atoms with Crippen molar-refractivity contribution in [2.45, 2.75) is 56.8 Å². The van der Waals surface area contributed by atoms with Crippen molar-refractivity contribution in [3.05, 3.63) is 71.7 Å². The van der Waals surface area contributed by atoms with Crippen LogP contribution in [0.15, 0.2) is 59.7 Å². The van der Waals surface area contributed by atoms with Crippen LogP contribution in [-0.2, 0) is 13.0 Å². The second-order valence-corrected chi connectivity index (χ2v) is 9.11. The molecular formula is C26H32FN5. The smallest absolute Gasteiger partial charge is 0.191 e. The predicted octanol–water partition coefficient (Wildman–Crippen LogP) is 4.21. The van der Waals surface area contributed by atoms with Crippen LogP contribution in [0, 0.1) is 5.82 Å². The van der Waals surface area contributed by atoms with Crippen LogP contribution in [-0.4, -0.2) is 47.6 Å². The van der Waals surface area contributed by atoms with E-state index >= 15 is 0 Å². The SMILES string of the molecule is CN=C(NCCc1c[nH]c2ccc(F)cc12)NC1CC2CCC(C1)N2Cc1ccccc1. The van der Waals surface area contributed by atoms with Gasteiger partial charge >= 0.3 is 0 Å². The normalized spacial score (nSPS) is 23.6. The van der Waals surface area contributed by atoms with E-state index in [0.29, 0.717) is 18.1 Å². The summed E-state index contributed by atoms with van der Waals surface area (Å²) in [7, 11) is 1.83. The molecule has 2 aliphatic rings. The van der Waals surface area contributed by atoms with E-state index in [2.05, 4.69) is 55.8 Å². The molecule has 3 heterocycles. The Morgan fingerprint density at radius 3 is 2.66 bits per heavy atom. The van der Waals surface area contributed by atoms with E-state index in [4.69, 9.17) is 0 Å². The average molecular weight is 434 g/mol. The first-order valence-electron chi connectivity index (χ1n) is 11.7. The summed E-state index contributed by atoms with van der Waals surface area (Å²) in [6.07, 6.45) is 7.68. The van der Waals surface area contributed by atoms with E-state index in [1.54, 1.807) is 12.1 Å². The number of nitrogens with zero attached hydrogens (tertiary/aromatic N) is 2. The van der Waals surface area contributed by atoms with Gasteiger partial charge in [0.05, 0.1) is 0 Å². The molecule has 1 aromatic heterocycles. The number of nitrogens with one attached hydrogen (secondary N) is 3. The number of hydrogen-bond acceptors (Lipinski definition) is 2. The van der Waals surface area contributed by atoms with Crippen LogP contribution >= 0.6 is 0 Å². The lowest BCUT2D eigenvalue weighted by Crippen LogP contribution is -2.52. The molecule has 6 heteroatoms. The molecule has 2 unspecified atom stereocenters. The third kappa shape index (κ3) is 4.51. The maximum Gasteiger partial charge on any atom is 0.191 e. The fourth-order valence-electron chi connectivity index (χ4n) is 5.51. The first kappa shape index (κ1) is 21.0. The monoisotopic (exact) mass is 433 g/mol. The van der Waals surface area contributed by atoms with Gasteiger partial charge in [-0.05, 0) is 61.4 Å². The van der Waals surface area contributed by atoms with Crippen molar-refractivity contribution in [3.63, 3.8) is 0 Å². The van der Waals surface area contributed by atoms with Crippen molar-refractivity contribution in [1.29, 1.82) is 0 Å². The zero-order valence-corrected chi connectivity index (χ0v) is 18.7. The summed E-state index contributed by atoms with van der Waals surface area (Å²) in [6, 6.07) is 17.4. The van der Waals surface area contributed by atoms with Crippen molar-refractivity contribution in [3.8, 4) is 0 Å². The summed E-state index contributed by atoms with van der Waals surface area (Å²) in [4.78, 5) is 10.4. The van der Waals surface area contributed by atoms with Crippen molar-refractivity contribution in [2.24, 2.45) is 4.99 Å². The summed E-state index contributed by atoms with van der Waals surface area (Å²) in [5.74, 6) is 0.661. The summed E-state index contributed by atoms with van der Waals surface area (Å²) in [5, 5.41) is 8.07. The molecule has 2 bridgehead atoms. The fraction of sp³-hybridized carbons (Fsp3) is 0.423.